The zero-order valence-corrected chi connectivity index (χ0v) is 12.4. The van der Waals surface area contributed by atoms with Crippen LogP contribution < -0.4 is 4.74 Å². The van der Waals surface area contributed by atoms with Gasteiger partial charge in [-0.3, -0.25) is 0 Å². The number of halogens is 3. The van der Waals surface area contributed by atoms with Crippen molar-refractivity contribution in [3.05, 3.63) is 28.2 Å². The highest BCUT2D eigenvalue weighted by atomic mass is 79.9. The molecule has 1 aromatic rings. The zero-order valence-electron chi connectivity index (χ0n) is 10.8. The highest BCUT2D eigenvalue weighted by Gasteiger charge is 2.14. The van der Waals surface area contributed by atoms with E-state index in [1.165, 1.54) is 25.0 Å². The maximum absolute atomic E-state index is 13.5. The molecule has 0 aliphatic heterocycles. The van der Waals surface area contributed by atoms with Crippen molar-refractivity contribution in [1.82, 2.24) is 0 Å². The molecule has 0 bridgehead atoms. The number of benzene rings is 1. The zero-order chi connectivity index (χ0) is 13.5. The molecule has 1 aromatic carbocycles. The van der Waals surface area contributed by atoms with Crippen molar-refractivity contribution in [2.24, 2.45) is 0 Å². The molecule has 0 aromatic heterocycles. The van der Waals surface area contributed by atoms with E-state index < -0.39 is 11.6 Å². The van der Waals surface area contributed by atoms with E-state index in [0.717, 1.165) is 19.3 Å². The summed E-state index contributed by atoms with van der Waals surface area (Å²) in [5.74, 6) is -1.61. The van der Waals surface area contributed by atoms with Crippen LogP contribution in [0.3, 0.4) is 0 Å². The molecule has 0 heterocycles. The minimum atomic E-state index is -0.665. The fourth-order valence-corrected chi connectivity index (χ4v) is 2.16. The Bertz CT molecular complexity index is 359. The van der Waals surface area contributed by atoms with E-state index in [0.29, 0.717) is 4.47 Å². The van der Waals surface area contributed by atoms with Gasteiger partial charge in [-0.2, -0.15) is 0 Å². The number of hydrogen-bond donors (Lipinski definition) is 0. The van der Waals surface area contributed by atoms with Gasteiger partial charge in [0.15, 0.2) is 17.4 Å². The molecule has 1 rings (SSSR count). The maximum atomic E-state index is 13.5. The lowest BCUT2D eigenvalue weighted by molar-refractivity contribution is 0.188. The van der Waals surface area contributed by atoms with Crippen molar-refractivity contribution in [1.29, 1.82) is 0 Å². The van der Waals surface area contributed by atoms with Crippen LogP contribution in [-0.2, 0) is 0 Å². The lowest BCUT2D eigenvalue weighted by Gasteiger charge is -2.15. The van der Waals surface area contributed by atoms with Crippen LogP contribution in [0.5, 0.6) is 5.75 Å². The molecule has 1 nitrogen and oxygen atoms in total. The first-order chi connectivity index (χ1) is 8.54. The summed E-state index contributed by atoms with van der Waals surface area (Å²) in [6.07, 6.45) is 5.16. The number of unbranched alkanes of at least 4 members (excludes halogenated alkanes) is 3. The first-order valence-electron chi connectivity index (χ1n) is 6.35. The number of hydrogen-bond acceptors (Lipinski definition) is 1. The summed E-state index contributed by atoms with van der Waals surface area (Å²) in [4.78, 5) is 0. The first-order valence-corrected chi connectivity index (χ1v) is 7.15. The van der Waals surface area contributed by atoms with Gasteiger partial charge in [0.1, 0.15) is 0 Å². The Labute approximate surface area is 116 Å². The summed E-state index contributed by atoms with van der Waals surface area (Å²) in [5, 5.41) is 0. The summed E-state index contributed by atoms with van der Waals surface area (Å²) in [7, 11) is 0. The Balaban J connectivity index is 2.51. The van der Waals surface area contributed by atoms with E-state index in [9.17, 15) is 8.78 Å². The Hall–Kier alpha value is -0.640. The molecule has 0 fully saturated rings. The van der Waals surface area contributed by atoms with Gasteiger partial charge in [0.25, 0.3) is 0 Å². The van der Waals surface area contributed by atoms with Crippen molar-refractivity contribution in [3.63, 3.8) is 0 Å². The molecular formula is C14H19BrF2O. The van der Waals surface area contributed by atoms with Gasteiger partial charge < -0.3 is 4.74 Å². The predicted molar refractivity (Wildman–Crippen MR) is 72.9 cm³/mol. The third kappa shape index (κ3) is 4.92. The molecule has 18 heavy (non-hydrogen) atoms. The first kappa shape index (κ1) is 15.4. The highest BCUT2D eigenvalue weighted by molar-refractivity contribution is 9.10. The van der Waals surface area contributed by atoms with Crippen LogP contribution in [0, 0.1) is 11.6 Å². The van der Waals surface area contributed by atoms with Crippen LogP contribution in [-0.4, -0.2) is 6.10 Å². The van der Waals surface area contributed by atoms with E-state index in [4.69, 9.17) is 4.74 Å². The molecule has 1 atom stereocenters. The van der Waals surface area contributed by atoms with E-state index in [-0.39, 0.29) is 11.9 Å². The largest absolute Gasteiger partial charge is 0.485 e. The summed E-state index contributed by atoms with van der Waals surface area (Å²) >= 11 is 3.04. The summed E-state index contributed by atoms with van der Waals surface area (Å²) < 4.78 is 32.8. The number of rotatable bonds is 7. The molecule has 4 heteroatoms. The molecule has 0 radical (unpaired) electrons. The summed E-state index contributed by atoms with van der Waals surface area (Å²) in [6.45, 7) is 3.99. The van der Waals surface area contributed by atoms with Gasteiger partial charge >= 0.3 is 0 Å². The average molecular weight is 321 g/mol. The van der Waals surface area contributed by atoms with Crippen molar-refractivity contribution >= 4 is 15.9 Å². The van der Waals surface area contributed by atoms with Crippen molar-refractivity contribution in [3.8, 4) is 5.75 Å². The molecule has 0 amide bonds. The maximum Gasteiger partial charge on any atom is 0.191 e. The molecule has 102 valence electrons. The van der Waals surface area contributed by atoms with Gasteiger partial charge in [0.05, 0.1) is 6.10 Å². The third-order valence-electron chi connectivity index (χ3n) is 2.75. The van der Waals surface area contributed by atoms with Crippen LogP contribution in [0.25, 0.3) is 0 Å². The van der Waals surface area contributed by atoms with E-state index >= 15 is 0 Å². The lowest BCUT2D eigenvalue weighted by atomic mass is 10.1. The quantitative estimate of drug-likeness (QED) is 0.606. The second-order valence-electron chi connectivity index (χ2n) is 4.48. The van der Waals surface area contributed by atoms with Crippen LogP contribution in [0.15, 0.2) is 16.6 Å². The summed E-state index contributed by atoms with van der Waals surface area (Å²) in [5.41, 5.74) is 0. The van der Waals surface area contributed by atoms with Gasteiger partial charge in [0.2, 0.25) is 0 Å². The molecule has 0 spiro atoms. The van der Waals surface area contributed by atoms with E-state index in [1.807, 2.05) is 6.92 Å². The Kier molecular flexibility index (Phi) is 6.61. The average Bonchev–Trinajstić information content (AvgIpc) is 2.29. The van der Waals surface area contributed by atoms with Crippen LogP contribution in [0.4, 0.5) is 8.78 Å². The van der Waals surface area contributed by atoms with Gasteiger partial charge in [-0.25, -0.2) is 8.78 Å². The molecule has 0 saturated heterocycles. The van der Waals surface area contributed by atoms with Crippen molar-refractivity contribution in [2.75, 3.05) is 0 Å². The Morgan fingerprint density at radius 2 is 1.78 bits per heavy atom. The van der Waals surface area contributed by atoms with Crippen LogP contribution >= 0.6 is 15.9 Å². The fourth-order valence-electron chi connectivity index (χ4n) is 1.76. The molecule has 1 unspecified atom stereocenters. The van der Waals surface area contributed by atoms with Gasteiger partial charge in [0, 0.05) is 4.47 Å². The molecule has 0 aliphatic rings. The van der Waals surface area contributed by atoms with E-state index in [1.54, 1.807) is 0 Å². The predicted octanol–water partition coefficient (Wildman–Crippen LogP) is 5.47. The minimum Gasteiger partial charge on any atom is -0.485 e. The minimum absolute atomic E-state index is 0.174. The van der Waals surface area contributed by atoms with Crippen molar-refractivity contribution in [2.45, 2.75) is 52.1 Å². The molecule has 0 saturated carbocycles. The van der Waals surface area contributed by atoms with Gasteiger partial charge in [-0.05, 0) is 31.9 Å². The second-order valence-corrected chi connectivity index (χ2v) is 5.39. The van der Waals surface area contributed by atoms with Crippen LogP contribution in [0.2, 0.25) is 0 Å². The topological polar surface area (TPSA) is 9.23 Å². The number of ether oxygens (including phenoxy) is 1. The monoisotopic (exact) mass is 320 g/mol. The van der Waals surface area contributed by atoms with Crippen LogP contribution in [0.1, 0.15) is 46.0 Å². The van der Waals surface area contributed by atoms with E-state index in [2.05, 4.69) is 22.9 Å². The smallest absolute Gasteiger partial charge is 0.191 e. The standard InChI is InChI=1S/C14H19BrF2O/c1-3-4-5-6-7-10(2)18-14-12(16)8-11(15)9-13(14)17/h8-10H,3-7H2,1-2H3. The fraction of sp³-hybridized carbons (Fsp3) is 0.571. The normalized spacial score (nSPS) is 12.5. The third-order valence-corrected chi connectivity index (χ3v) is 3.20. The molecule has 0 aliphatic carbocycles. The Morgan fingerprint density at radius 3 is 2.33 bits per heavy atom. The van der Waals surface area contributed by atoms with Crippen molar-refractivity contribution < 1.29 is 13.5 Å². The second kappa shape index (κ2) is 7.72. The highest BCUT2D eigenvalue weighted by Crippen LogP contribution is 2.27. The Morgan fingerprint density at radius 1 is 1.17 bits per heavy atom. The summed E-state index contributed by atoms with van der Waals surface area (Å²) in [6, 6.07) is 2.42. The molecular weight excluding hydrogens is 302 g/mol. The van der Waals surface area contributed by atoms with Gasteiger partial charge in [-0.1, -0.05) is 42.1 Å². The van der Waals surface area contributed by atoms with Gasteiger partial charge in [-0.15, -0.1) is 0 Å². The molecule has 0 N–H and O–H groups in total. The lowest BCUT2D eigenvalue weighted by Crippen LogP contribution is -2.13. The SMILES string of the molecule is CCCCCCC(C)Oc1c(F)cc(Br)cc1F.